The Morgan fingerprint density at radius 2 is 0.875 bits per heavy atom. The first-order valence-electron chi connectivity index (χ1n) is 14.3. The fraction of sp³-hybridized carbons (Fsp3) is 0.353. The van der Waals surface area contributed by atoms with Crippen molar-refractivity contribution in [2.24, 2.45) is 10.8 Å². The molecule has 0 aliphatic carbocycles. The number of benzene rings is 1. The molecule has 0 aliphatic rings. The molecule has 48 heavy (non-hydrogen) atoms. The highest BCUT2D eigenvalue weighted by Crippen LogP contribution is 2.26. The highest BCUT2D eigenvalue weighted by Gasteiger charge is 2.40. The van der Waals surface area contributed by atoms with Gasteiger partial charge in [0.1, 0.15) is 39.6 Å². The van der Waals surface area contributed by atoms with Gasteiger partial charge in [0.2, 0.25) is 0 Å². The van der Waals surface area contributed by atoms with Gasteiger partial charge in [-0.25, -0.2) is 28.8 Å². The van der Waals surface area contributed by atoms with Gasteiger partial charge >= 0.3 is 35.9 Å². The van der Waals surface area contributed by atoms with Crippen molar-refractivity contribution in [3.63, 3.8) is 0 Å². The van der Waals surface area contributed by atoms with Gasteiger partial charge in [-0.1, -0.05) is 39.0 Å². The smallest absolute Gasteiger partial charge is 0.411 e. The van der Waals surface area contributed by atoms with Crippen molar-refractivity contribution >= 4 is 41.6 Å². The Kier molecular flexibility index (Phi) is 17.4. The van der Waals surface area contributed by atoms with Crippen molar-refractivity contribution < 1.29 is 61.9 Å². The second-order valence-corrected chi connectivity index (χ2v) is 10.6. The fourth-order valence-electron chi connectivity index (χ4n) is 3.59. The van der Waals surface area contributed by atoms with Crippen LogP contribution in [0, 0.1) is 24.7 Å². The summed E-state index contributed by atoms with van der Waals surface area (Å²) in [7, 11) is 0. The number of anilines is 1. The summed E-state index contributed by atoms with van der Waals surface area (Å²) in [5, 5.41) is 2.59. The van der Waals surface area contributed by atoms with Crippen molar-refractivity contribution in [3.8, 4) is 0 Å². The second kappa shape index (κ2) is 20.6. The lowest BCUT2D eigenvalue weighted by atomic mass is 9.90. The van der Waals surface area contributed by atoms with Gasteiger partial charge in [0.05, 0.1) is 24.0 Å². The van der Waals surface area contributed by atoms with E-state index in [4.69, 9.17) is 33.2 Å². The molecule has 14 nitrogen and oxygen atoms in total. The molecule has 1 aromatic rings. The molecular formula is C34H41NO13. The highest BCUT2D eigenvalue weighted by atomic mass is 16.6. The molecule has 0 spiro atoms. The first-order chi connectivity index (χ1) is 22.8. The minimum atomic E-state index is -1.54. The Morgan fingerprint density at radius 1 is 0.542 bits per heavy atom. The van der Waals surface area contributed by atoms with E-state index in [9.17, 15) is 28.8 Å². The minimum Gasteiger partial charge on any atom is -0.462 e. The number of carbonyl (C=O) groups is 6. The van der Waals surface area contributed by atoms with E-state index in [1.54, 1.807) is 12.1 Å². The maximum Gasteiger partial charge on any atom is 0.411 e. The Labute approximate surface area is 279 Å². The minimum absolute atomic E-state index is 0.437. The average molecular weight is 672 g/mol. The molecule has 1 amide bonds. The van der Waals surface area contributed by atoms with Gasteiger partial charge in [0.25, 0.3) is 0 Å². The van der Waals surface area contributed by atoms with Crippen LogP contribution in [0.1, 0.15) is 11.1 Å². The molecule has 1 N–H and O–H groups in total. The molecule has 0 saturated heterocycles. The summed E-state index contributed by atoms with van der Waals surface area (Å²) in [6.45, 7) is 16.6. The second-order valence-electron chi connectivity index (χ2n) is 10.6. The zero-order valence-electron chi connectivity index (χ0n) is 27.1. The summed E-state index contributed by atoms with van der Waals surface area (Å²) in [5.74, 6) is -4.20. The molecule has 0 radical (unpaired) electrons. The molecule has 0 aromatic heterocycles. The first-order valence-corrected chi connectivity index (χ1v) is 14.3. The van der Waals surface area contributed by atoms with Crippen LogP contribution >= 0.6 is 0 Å². The number of carbonyl (C=O) groups excluding carboxylic acids is 6. The van der Waals surface area contributed by atoms with E-state index < -0.39 is 99.6 Å². The third kappa shape index (κ3) is 14.7. The molecule has 0 heterocycles. The van der Waals surface area contributed by atoms with E-state index in [-0.39, 0.29) is 0 Å². The molecule has 1 rings (SSSR count). The van der Waals surface area contributed by atoms with Gasteiger partial charge in [0, 0.05) is 36.1 Å². The summed E-state index contributed by atoms with van der Waals surface area (Å²) in [6.07, 6.45) is 3.59. The third-order valence-electron chi connectivity index (χ3n) is 6.52. The topological polar surface area (TPSA) is 179 Å². The molecule has 0 saturated carbocycles. The Morgan fingerprint density at radius 3 is 1.19 bits per heavy atom. The Balaban J connectivity index is 3.42. The number of hydrogen-bond donors (Lipinski definition) is 1. The monoisotopic (exact) mass is 671 g/mol. The van der Waals surface area contributed by atoms with Crippen molar-refractivity contribution in [3.05, 3.63) is 92.6 Å². The van der Waals surface area contributed by atoms with Crippen molar-refractivity contribution in [2.75, 3.05) is 58.2 Å². The number of rotatable bonds is 22. The molecule has 0 unspecified atom stereocenters. The average Bonchev–Trinajstić information content (AvgIpc) is 3.09. The van der Waals surface area contributed by atoms with Crippen molar-refractivity contribution in [2.45, 2.75) is 13.8 Å². The van der Waals surface area contributed by atoms with Crippen LogP contribution in [0.2, 0.25) is 0 Å². The maximum absolute atomic E-state index is 12.8. The Bertz CT molecular complexity index is 1300. The standard InChI is InChI=1S/C34H41NO13/c1-8-27(36)43-18-33(19-44-28(37)9-2,20-45-29(38)10-3)16-42-17-34(21-46-30(39)11-4,22-47-31(40)12-5)23-48-32(41)35-26-14-13-24(6)25(7)15-26/h8-15H,1-5,16-23H2,6-7H3,(H,35,41). The molecule has 14 heteroatoms. The normalized spacial score (nSPS) is 10.7. The van der Waals surface area contributed by atoms with Gasteiger partial charge in [-0.15, -0.1) is 0 Å². The number of hydrogen-bond acceptors (Lipinski definition) is 13. The summed E-state index contributed by atoms with van der Waals surface area (Å²) < 4.78 is 37.6. The van der Waals surface area contributed by atoms with Crippen LogP contribution in [0.25, 0.3) is 0 Å². The van der Waals surface area contributed by atoms with E-state index >= 15 is 0 Å². The molecule has 1 aromatic carbocycles. The fourth-order valence-corrected chi connectivity index (χ4v) is 3.59. The van der Waals surface area contributed by atoms with Crippen LogP contribution in [0.5, 0.6) is 0 Å². The van der Waals surface area contributed by atoms with Crippen LogP contribution in [-0.2, 0) is 57.1 Å². The van der Waals surface area contributed by atoms with Gasteiger partial charge in [-0.2, -0.15) is 0 Å². The van der Waals surface area contributed by atoms with Crippen LogP contribution in [0.15, 0.2) is 81.5 Å². The van der Waals surface area contributed by atoms with Crippen molar-refractivity contribution in [1.82, 2.24) is 0 Å². The predicted octanol–water partition coefficient (Wildman–Crippen LogP) is 3.49. The summed E-state index contributed by atoms with van der Waals surface area (Å²) in [4.78, 5) is 72.8. The molecule has 0 fully saturated rings. The zero-order valence-corrected chi connectivity index (χ0v) is 27.1. The first kappa shape index (κ1) is 40.5. The highest BCUT2D eigenvalue weighted by molar-refractivity contribution is 5.85. The maximum atomic E-state index is 12.8. The van der Waals surface area contributed by atoms with E-state index in [2.05, 4.69) is 38.2 Å². The summed E-state index contributed by atoms with van der Waals surface area (Å²) >= 11 is 0. The SMILES string of the molecule is C=CC(=O)OCC(COCC(COC(=O)C=C)(COC(=O)C=C)COC(=O)Nc1ccc(C)c(C)c1)(COC(=O)C=C)COC(=O)C=C. The predicted molar refractivity (Wildman–Crippen MR) is 172 cm³/mol. The van der Waals surface area contributed by atoms with E-state index in [1.807, 2.05) is 19.9 Å². The van der Waals surface area contributed by atoms with Gasteiger partial charge in [-0.05, 0) is 37.1 Å². The largest absolute Gasteiger partial charge is 0.462 e. The molecule has 0 aliphatic heterocycles. The lowest BCUT2D eigenvalue weighted by Gasteiger charge is -2.35. The number of aryl methyl sites for hydroxylation is 2. The zero-order chi connectivity index (χ0) is 36.2. The van der Waals surface area contributed by atoms with Crippen LogP contribution in [0.4, 0.5) is 10.5 Å². The number of ether oxygens (including phenoxy) is 7. The molecule has 0 atom stereocenters. The Hall–Kier alpha value is -5.50. The van der Waals surface area contributed by atoms with E-state index in [0.717, 1.165) is 41.5 Å². The van der Waals surface area contributed by atoms with Gasteiger partial charge in [-0.3, -0.25) is 5.32 Å². The molecule has 260 valence electrons. The van der Waals surface area contributed by atoms with E-state index in [0.29, 0.717) is 5.69 Å². The van der Waals surface area contributed by atoms with Crippen LogP contribution in [-0.4, -0.2) is 88.8 Å². The molecule has 0 bridgehead atoms. The number of nitrogens with one attached hydrogen (secondary N) is 1. The van der Waals surface area contributed by atoms with Gasteiger partial charge in [0.15, 0.2) is 0 Å². The third-order valence-corrected chi connectivity index (χ3v) is 6.52. The molecular weight excluding hydrogens is 630 g/mol. The summed E-state index contributed by atoms with van der Waals surface area (Å²) in [5.41, 5.74) is -0.686. The lowest BCUT2D eigenvalue weighted by Crippen LogP contribution is -2.47. The quantitative estimate of drug-likeness (QED) is 0.108. The number of esters is 5. The van der Waals surface area contributed by atoms with Crippen LogP contribution in [0.3, 0.4) is 0 Å². The summed E-state index contributed by atoms with van der Waals surface area (Å²) in [6, 6.07) is 5.22. The van der Waals surface area contributed by atoms with Crippen molar-refractivity contribution in [1.29, 1.82) is 0 Å². The van der Waals surface area contributed by atoms with E-state index in [1.165, 1.54) is 0 Å². The van der Waals surface area contributed by atoms with Gasteiger partial charge < -0.3 is 33.2 Å². The lowest BCUT2D eigenvalue weighted by molar-refractivity contribution is -0.166. The number of amides is 1. The van der Waals surface area contributed by atoms with Crippen LogP contribution < -0.4 is 5.32 Å².